The van der Waals surface area contributed by atoms with Crippen LogP contribution in [0.5, 0.6) is 0 Å². The standard InChI is InChI=1S/C20H33BrO3/c1-12(2)15-7-9-20(5,24)18(22)16(15)10-13(3)14-6-8-19(4,23)17(21)11-14/h14-18,22-24H,1,3,6-11H2,2,4-5H3/t14?,15?,16?,17-,18?,19+,20+/m1/s1. The van der Waals surface area contributed by atoms with Gasteiger partial charge in [-0.15, -0.1) is 0 Å². The van der Waals surface area contributed by atoms with Crippen molar-refractivity contribution in [1.29, 1.82) is 0 Å². The topological polar surface area (TPSA) is 60.7 Å². The molecule has 2 fully saturated rings. The Balaban J connectivity index is 2.09. The summed E-state index contributed by atoms with van der Waals surface area (Å²) in [6.07, 6.45) is 3.95. The van der Waals surface area contributed by atoms with Crippen molar-refractivity contribution in [1.82, 2.24) is 0 Å². The Morgan fingerprint density at radius 1 is 1.12 bits per heavy atom. The number of halogens is 1. The van der Waals surface area contributed by atoms with Crippen LogP contribution in [0.4, 0.5) is 0 Å². The zero-order valence-corrected chi connectivity index (χ0v) is 16.8. The van der Waals surface area contributed by atoms with Gasteiger partial charge in [0, 0.05) is 4.83 Å². The number of allylic oxidation sites excluding steroid dienone is 2. The molecule has 0 saturated heterocycles. The van der Waals surface area contributed by atoms with E-state index in [9.17, 15) is 15.3 Å². The van der Waals surface area contributed by atoms with Gasteiger partial charge in [0.05, 0.1) is 17.3 Å². The minimum atomic E-state index is -1.04. The van der Waals surface area contributed by atoms with Crippen molar-refractivity contribution in [2.24, 2.45) is 17.8 Å². The summed E-state index contributed by atoms with van der Waals surface area (Å²) in [5.74, 6) is 0.540. The number of rotatable bonds is 4. The predicted molar refractivity (Wildman–Crippen MR) is 102 cm³/mol. The van der Waals surface area contributed by atoms with Crippen LogP contribution in [0.15, 0.2) is 24.3 Å². The van der Waals surface area contributed by atoms with Gasteiger partial charge in [-0.1, -0.05) is 40.2 Å². The largest absolute Gasteiger partial charge is 0.390 e. The zero-order valence-electron chi connectivity index (χ0n) is 15.3. The third-order valence-corrected chi connectivity index (χ3v) is 7.75. The first kappa shape index (κ1) is 20.2. The van der Waals surface area contributed by atoms with Crippen LogP contribution in [0.25, 0.3) is 0 Å². The molecule has 0 spiro atoms. The Morgan fingerprint density at radius 3 is 2.25 bits per heavy atom. The molecular weight excluding hydrogens is 368 g/mol. The van der Waals surface area contributed by atoms with E-state index in [2.05, 4.69) is 29.1 Å². The van der Waals surface area contributed by atoms with E-state index in [1.165, 1.54) is 0 Å². The molecule has 4 unspecified atom stereocenters. The molecule has 0 aromatic heterocycles. The van der Waals surface area contributed by atoms with Crippen LogP contribution in [0.1, 0.15) is 59.3 Å². The molecule has 0 bridgehead atoms. The summed E-state index contributed by atoms with van der Waals surface area (Å²) >= 11 is 3.61. The quantitative estimate of drug-likeness (QED) is 0.494. The van der Waals surface area contributed by atoms with Gasteiger partial charge in [-0.05, 0) is 77.0 Å². The molecule has 0 aromatic carbocycles. The smallest absolute Gasteiger partial charge is 0.0880 e. The van der Waals surface area contributed by atoms with Crippen molar-refractivity contribution < 1.29 is 15.3 Å². The summed E-state index contributed by atoms with van der Waals surface area (Å²) in [4.78, 5) is 0.0665. The van der Waals surface area contributed by atoms with Crippen LogP contribution in [0.3, 0.4) is 0 Å². The van der Waals surface area contributed by atoms with Gasteiger partial charge in [-0.25, -0.2) is 0 Å². The van der Waals surface area contributed by atoms with Gasteiger partial charge in [0.15, 0.2) is 0 Å². The lowest BCUT2D eigenvalue weighted by atomic mass is 9.64. The highest BCUT2D eigenvalue weighted by molar-refractivity contribution is 9.09. The molecule has 2 aliphatic carbocycles. The van der Waals surface area contributed by atoms with Crippen molar-refractivity contribution >= 4 is 15.9 Å². The minimum Gasteiger partial charge on any atom is -0.390 e. The normalized spacial score (nSPS) is 46.5. The molecule has 2 saturated carbocycles. The molecule has 138 valence electrons. The second kappa shape index (κ2) is 7.22. The molecule has 2 aliphatic rings. The fraction of sp³-hybridized carbons (Fsp3) is 0.800. The van der Waals surface area contributed by atoms with E-state index in [-0.39, 0.29) is 16.7 Å². The van der Waals surface area contributed by atoms with Gasteiger partial charge in [0.2, 0.25) is 0 Å². The number of hydrogen-bond acceptors (Lipinski definition) is 3. The van der Waals surface area contributed by atoms with E-state index >= 15 is 0 Å². The summed E-state index contributed by atoms with van der Waals surface area (Å²) in [5, 5.41) is 31.5. The summed E-state index contributed by atoms with van der Waals surface area (Å²) in [6.45, 7) is 14.0. The average Bonchev–Trinajstić information content (AvgIpc) is 2.46. The molecule has 3 N–H and O–H groups in total. The van der Waals surface area contributed by atoms with E-state index < -0.39 is 17.3 Å². The third kappa shape index (κ3) is 4.14. The molecule has 3 nitrogen and oxygen atoms in total. The Morgan fingerprint density at radius 2 is 1.71 bits per heavy atom. The van der Waals surface area contributed by atoms with Crippen LogP contribution >= 0.6 is 15.9 Å². The summed E-state index contributed by atoms with van der Waals surface area (Å²) in [6, 6.07) is 0. The molecule has 7 atom stereocenters. The minimum absolute atomic E-state index is 0.0324. The SMILES string of the molecule is C=C(CC1C(C(=C)C)CC[C@](C)(O)C1O)C1CC[C@](C)(O)[C@H](Br)C1. The number of aliphatic hydroxyl groups excluding tert-OH is 1. The lowest BCUT2D eigenvalue weighted by Gasteiger charge is -2.46. The highest BCUT2D eigenvalue weighted by Crippen LogP contribution is 2.46. The highest BCUT2D eigenvalue weighted by atomic mass is 79.9. The molecule has 24 heavy (non-hydrogen) atoms. The Bertz CT molecular complexity index is 497. The molecule has 0 aliphatic heterocycles. The second-order valence-electron chi connectivity index (χ2n) is 8.62. The van der Waals surface area contributed by atoms with Crippen molar-refractivity contribution in [2.75, 3.05) is 0 Å². The lowest BCUT2D eigenvalue weighted by molar-refractivity contribution is -0.127. The molecule has 2 rings (SSSR count). The molecule has 0 aromatic rings. The van der Waals surface area contributed by atoms with Crippen molar-refractivity contribution in [3.63, 3.8) is 0 Å². The van der Waals surface area contributed by atoms with Crippen LogP contribution in [0, 0.1) is 17.8 Å². The zero-order chi connectivity index (χ0) is 18.3. The Hall–Kier alpha value is -0.160. The molecule has 0 radical (unpaired) electrons. The third-order valence-electron chi connectivity index (χ3n) is 6.39. The number of alkyl halides is 1. The molecule has 4 heteroatoms. The van der Waals surface area contributed by atoms with E-state index in [1.54, 1.807) is 6.92 Å². The summed E-state index contributed by atoms with van der Waals surface area (Å²) in [5.41, 5.74) is 0.506. The Kier molecular flexibility index (Phi) is 6.06. The maximum Gasteiger partial charge on any atom is 0.0880 e. The van der Waals surface area contributed by atoms with Gasteiger partial charge in [-0.3, -0.25) is 0 Å². The average molecular weight is 401 g/mol. The van der Waals surface area contributed by atoms with Gasteiger partial charge in [-0.2, -0.15) is 0 Å². The van der Waals surface area contributed by atoms with Crippen LogP contribution < -0.4 is 0 Å². The molecular formula is C20H33BrO3. The van der Waals surface area contributed by atoms with Gasteiger partial charge in [0.25, 0.3) is 0 Å². The second-order valence-corrected chi connectivity index (χ2v) is 9.72. The van der Waals surface area contributed by atoms with E-state index in [1.807, 2.05) is 13.8 Å². The van der Waals surface area contributed by atoms with Crippen molar-refractivity contribution in [3.8, 4) is 0 Å². The predicted octanol–water partition coefficient (Wildman–Crippen LogP) is 3.96. The van der Waals surface area contributed by atoms with Gasteiger partial charge in [0.1, 0.15) is 0 Å². The monoisotopic (exact) mass is 400 g/mol. The number of aliphatic hydroxyl groups is 3. The molecule has 0 amide bonds. The fourth-order valence-corrected chi connectivity index (χ4v) is 5.12. The maximum atomic E-state index is 10.7. The highest BCUT2D eigenvalue weighted by Gasteiger charge is 2.46. The first-order chi connectivity index (χ1) is 11.0. The first-order valence-electron chi connectivity index (χ1n) is 9.05. The van der Waals surface area contributed by atoms with E-state index in [0.29, 0.717) is 18.8 Å². The summed E-state index contributed by atoms with van der Waals surface area (Å²) < 4.78 is 0. The molecule has 0 heterocycles. The van der Waals surface area contributed by atoms with E-state index in [4.69, 9.17) is 0 Å². The van der Waals surface area contributed by atoms with Crippen molar-refractivity contribution in [3.05, 3.63) is 24.3 Å². The lowest BCUT2D eigenvalue weighted by Crippen LogP contribution is -2.51. The summed E-state index contributed by atoms with van der Waals surface area (Å²) in [7, 11) is 0. The van der Waals surface area contributed by atoms with E-state index in [0.717, 1.165) is 36.8 Å². The first-order valence-corrected chi connectivity index (χ1v) is 9.97. The van der Waals surface area contributed by atoms with Crippen LogP contribution in [-0.2, 0) is 0 Å². The van der Waals surface area contributed by atoms with Gasteiger partial charge < -0.3 is 15.3 Å². The van der Waals surface area contributed by atoms with Gasteiger partial charge >= 0.3 is 0 Å². The van der Waals surface area contributed by atoms with Crippen LogP contribution in [-0.4, -0.2) is 37.5 Å². The van der Waals surface area contributed by atoms with Crippen LogP contribution in [0.2, 0.25) is 0 Å². The fourth-order valence-electron chi connectivity index (χ4n) is 4.44. The Labute approximate surface area is 155 Å². The number of hydrogen-bond donors (Lipinski definition) is 3. The van der Waals surface area contributed by atoms with Crippen molar-refractivity contribution in [2.45, 2.75) is 81.4 Å². The maximum absolute atomic E-state index is 10.7.